The molecule has 2 aliphatic heterocycles. The second kappa shape index (κ2) is 11.4. The standard InChI is InChI=1S/C31H28N4O3S3/c1-22-12-14-23(15-13-22)20-34-30(36)28(40-31(34)39)19-25-21-35(26-9-3-2-4-10-26)32-29(25)24-8-7-11-27(18-24)41(37,38)33-16-5-6-17-33/h2-4,7-15,18-19,21H,5-6,16-17,20H2,1H3/b28-19-. The summed E-state index contributed by atoms with van der Waals surface area (Å²) in [4.78, 5) is 15.8. The highest BCUT2D eigenvalue weighted by molar-refractivity contribution is 8.26. The molecule has 3 aromatic carbocycles. The smallest absolute Gasteiger partial charge is 0.266 e. The van der Waals surface area contributed by atoms with Gasteiger partial charge in [-0.1, -0.05) is 84.1 Å². The van der Waals surface area contributed by atoms with Crippen LogP contribution in [0, 0.1) is 6.92 Å². The van der Waals surface area contributed by atoms with E-state index in [2.05, 4.69) is 0 Å². The summed E-state index contributed by atoms with van der Waals surface area (Å²) in [5.74, 6) is -0.163. The first kappa shape index (κ1) is 27.6. The van der Waals surface area contributed by atoms with E-state index < -0.39 is 10.0 Å². The maximum atomic E-state index is 13.5. The lowest BCUT2D eigenvalue weighted by Gasteiger charge is -2.16. The molecule has 0 spiro atoms. The van der Waals surface area contributed by atoms with E-state index >= 15 is 0 Å². The van der Waals surface area contributed by atoms with Crippen molar-refractivity contribution in [2.75, 3.05) is 13.1 Å². The van der Waals surface area contributed by atoms with Crippen LogP contribution in [0.2, 0.25) is 0 Å². The third-order valence-corrected chi connectivity index (χ3v) is 10.5. The molecule has 208 valence electrons. The van der Waals surface area contributed by atoms with Crippen molar-refractivity contribution in [1.82, 2.24) is 19.0 Å². The molecule has 2 fully saturated rings. The maximum absolute atomic E-state index is 13.5. The van der Waals surface area contributed by atoms with Crippen molar-refractivity contribution in [3.8, 4) is 16.9 Å². The number of carbonyl (C=O) groups excluding carboxylic acids is 1. The number of thiocarbonyl (C=S) groups is 1. The highest BCUT2D eigenvalue weighted by atomic mass is 32.2. The molecule has 41 heavy (non-hydrogen) atoms. The minimum Gasteiger partial charge on any atom is -0.288 e. The van der Waals surface area contributed by atoms with E-state index in [0.29, 0.717) is 45.7 Å². The van der Waals surface area contributed by atoms with Gasteiger partial charge in [-0.25, -0.2) is 13.1 Å². The molecule has 0 bridgehead atoms. The van der Waals surface area contributed by atoms with Crippen LogP contribution in [0.1, 0.15) is 29.5 Å². The van der Waals surface area contributed by atoms with Gasteiger partial charge in [-0.2, -0.15) is 9.40 Å². The minimum atomic E-state index is -3.60. The summed E-state index contributed by atoms with van der Waals surface area (Å²) < 4.78 is 30.4. The number of rotatable bonds is 7. The van der Waals surface area contributed by atoms with E-state index in [1.807, 2.05) is 73.8 Å². The summed E-state index contributed by atoms with van der Waals surface area (Å²) in [6.07, 6.45) is 5.40. The van der Waals surface area contributed by atoms with Gasteiger partial charge in [-0.15, -0.1) is 0 Å². The van der Waals surface area contributed by atoms with Gasteiger partial charge in [0, 0.05) is 30.4 Å². The molecule has 2 aliphatic rings. The van der Waals surface area contributed by atoms with Crippen LogP contribution in [0.5, 0.6) is 0 Å². The van der Waals surface area contributed by atoms with Crippen LogP contribution < -0.4 is 0 Å². The fourth-order valence-electron chi connectivity index (χ4n) is 4.97. The molecular formula is C31H28N4O3S3. The number of hydrogen-bond donors (Lipinski definition) is 0. The van der Waals surface area contributed by atoms with Crippen LogP contribution in [-0.2, 0) is 21.4 Å². The molecule has 0 aliphatic carbocycles. The van der Waals surface area contributed by atoms with Crippen molar-refractivity contribution in [1.29, 1.82) is 0 Å². The molecule has 0 unspecified atom stereocenters. The molecule has 2 saturated heterocycles. The molecule has 1 amide bonds. The first-order valence-corrected chi connectivity index (χ1v) is 16.0. The van der Waals surface area contributed by atoms with E-state index in [1.54, 1.807) is 33.9 Å². The average molecular weight is 601 g/mol. The molecule has 4 aromatic rings. The number of hydrogen-bond acceptors (Lipinski definition) is 6. The number of sulfonamides is 1. The first-order chi connectivity index (χ1) is 19.8. The monoisotopic (exact) mass is 600 g/mol. The number of nitrogens with zero attached hydrogens (tertiary/aromatic N) is 4. The summed E-state index contributed by atoms with van der Waals surface area (Å²) in [5.41, 5.74) is 4.93. The van der Waals surface area contributed by atoms with Crippen molar-refractivity contribution >= 4 is 50.3 Å². The Morgan fingerprint density at radius 3 is 2.44 bits per heavy atom. The van der Waals surface area contributed by atoms with Crippen LogP contribution >= 0.6 is 24.0 Å². The minimum absolute atomic E-state index is 0.163. The molecule has 7 nitrogen and oxygen atoms in total. The van der Waals surface area contributed by atoms with Gasteiger partial charge in [-0.3, -0.25) is 9.69 Å². The molecule has 0 N–H and O–H groups in total. The predicted octanol–water partition coefficient (Wildman–Crippen LogP) is 6.03. The molecule has 0 saturated carbocycles. The van der Waals surface area contributed by atoms with Gasteiger partial charge in [-0.05, 0) is 55.7 Å². The lowest BCUT2D eigenvalue weighted by atomic mass is 10.1. The molecule has 6 rings (SSSR count). The molecular weight excluding hydrogens is 573 g/mol. The molecule has 10 heteroatoms. The quantitative estimate of drug-likeness (QED) is 0.190. The van der Waals surface area contributed by atoms with Crippen LogP contribution in [0.4, 0.5) is 0 Å². The number of benzene rings is 3. The predicted molar refractivity (Wildman–Crippen MR) is 167 cm³/mol. The third-order valence-electron chi connectivity index (χ3n) is 7.20. The van der Waals surface area contributed by atoms with Gasteiger partial charge in [0.2, 0.25) is 10.0 Å². The maximum Gasteiger partial charge on any atom is 0.266 e. The third kappa shape index (κ3) is 5.65. The zero-order chi connectivity index (χ0) is 28.6. The van der Waals surface area contributed by atoms with Crippen molar-refractivity contribution in [2.45, 2.75) is 31.2 Å². The van der Waals surface area contributed by atoms with E-state index in [0.717, 1.165) is 29.7 Å². The number of amides is 1. The molecule has 1 aromatic heterocycles. The average Bonchev–Trinajstić information content (AvgIpc) is 3.73. The van der Waals surface area contributed by atoms with Gasteiger partial charge in [0.15, 0.2) is 0 Å². The molecule has 0 atom stereocenters. The largest absolute Gasteiger partial charge is 0.288 e. The Morgan fingerprint density at radius 2 is 1.71 bits per heavy atom. The van der Waals surface area contributed by atoms with Crippen molar-refractivity contribution < 1.29 is 13.2 Å². The van der Waals surface area contributed by atoms with Crippen molar-refractivity contribution in [2.24, 2.45) is 0 Å². The van der Waals surface area contributed by atoms with Gasteiger partial charge >= 0.3 is 0 Å². The van der Waals surface area contributed by atoms with Crippen molar-refractivity contribution in [3.05, 3.63) is 107 Å². The normalized spacial score (nSPS) is 17.2. The highest BCUT2D eigenvalue weighted by Gasteiger charge is 2.33. The Morgan fingerprint density at radius 1 is 0.976 bits per heavy atom. The fraction of sp³-hybridized carbons (Fsp3) is 0.194. The molecule has 3 heterocycles. The first-order valence-electron chi connectivity index (χ1n) is 13.4. The van der Waals surface area contributed by atoms with Crippen molar-refractivity contribution in [3.63, 3.8) is 0 Å². The number of para-hydroxylation sites is 1. The number of aromatic nitrogens is 2. The van der Waals surface area contributed by atoms with Gasteiger partial charge in [0.05, 0.1) is 22.0 Å². The second-order valence-corrected chi connectivity index (χ2v) is 13.7. The lowest BCUT2D eigenvalue weighted by Crippen LogP contribution is -2.27. The number of thioether (sulfide) groups is 1. The molecule has 0 radical (unpaired) electrons. The second-order valence-electron chi connectivity index (χ2n) is 10.1. The van der Waals surface area contributed by atoms with E-state index in [-0.39, 0.29) is 10.8 Å². The highest BCUT2D eigenvalue weighted by Crippen LogP contribution is 2.36. The van der Waals surface area contributed by atoms with Gasteiger partial charge in [0.25, 0.3) is 5.91 Å². The fourth-order valence-corrected chi connectivity index (χ4v) is 7.77. The van der Waals surface area contributed by atoms with Crippen LogP contribution in [0.15, 0.2) is 94.9 Å². The SMILES string of the molecule is Cc1ccc(CN2C(=O)/C(=C/c3cn(-c4ccccc4)nc3-c3cccc(S(=O)(=O)N4CCCC4)c3)SC2=S)cc1. The summed E-state index contributed by atoms with van der Waals surface area (Å²) in [6.45, 7) is 3.49. The number of carbonyl (C=O) groups is 1. The van der Waals surface area contributed by atoms with Gasteiger partial charge < -0.3 is 0 Å². The summed E-state index contributed by atoms with van der Waals surface area (Å²) >= 11 is 6.85. The van der Waals surface area contributed by atoms with E-state index in [9.17, 15) is 13.2 Å². The Bertz CT molecular complexity index is 1760. The topological polar surface area (TPSA) is 75.5 Å². The van der Waals surface area contributed by atoms with Gasteiger partial charge in [0.1, 0.15) is 10.0 Å². The summed E-state index contributed by atoms with van der Waals surface area (Å²) in [7, 11) is -3.60. The summed E-state index contributed by atoms with van der Waals surface area (Å²) in [6, 6.07) is 24.6. The Kier molecular flexibility index (Phi) is 7.65. The van der Waals surface area contributed by atoms with E-state index in [4.69, 9.17) is 17.3 Å². The zero-order valence-corrected chi connectivity index (χ0v) is 24.9. The Labute approximate surface area is 249 Å². The van der Waals surface area contributed by atoms with E-state index in [1.165, 1.54) is 16.1 Å². The Hall–Kier alpha value is -3.57. The zero-order valence-electron chi connectivity index (χ0n) is 22.4. The van der Waals surface area contributed by atoms with Crippen LogP contribution in [-0.4, -0.2) is 50.7 Å². The van der Waals surface area contributed by atoms with Crippen LogP contribution in [0.3, 0.4) is 0 Å². The Balaban J connectivity index is 1.38. The number of aryl methyl sites for hydroxylation is 1. The summed E-state index contributed by atoms with van der Waals surface area (Å²) in [5, 5.41) is 4.85. The van der Waals surface area contributed by atoms with Crippen LogP contribution in [0.25, 0.3) is 23.0 Å². The lowest BCUT2D eigenvalue weighted by molar-refractivity contribution is -0.122.